The molecule has 6 nitrogen and oxygen atoms in total. The maximum absolute atomic E-state index is 12.6. The van der Waals surface area contributed by atoms with Crippen LogP contribution in [0.4, 0.5) is 0 Å². The molecule has 152 valence electrons. The van der Waals surface area contributed by atoms with Gasteiger partial charge in [-0.2, -0.15) is 0 Å². The summed E-state index contributed by atoms with van der Waals surface area (Å²) in [5.41, 5.74) is 1.05. The van der Waals surface area contributed by atoms with E-state index in [0.29, 0.717) is 12.5 Å². The van der Waals surface area contributed by atoms with E-state index in [4.69, 9.17) is 9.72 Å². The smallest absolute Gasteiger partial charge is 0.328 e. The summed E-state index contributed by atoms with van der Waals surface area (Å²) in [5.74, 6) is -0.118. The monoisotopic (exact) mass is 403 g/mol. The minimum absolute atomic E-state index is 0.0354. The second-order valence-electron chi connectivity index (χ2n) is 7.55. The number of aromatic nitrogens is 1. The first-order valence-electron chi connectivity index (χ1n) is 9.96. The first kappa shape index (κ1) is 20.7. The zero-order valence-electron chi connectivity index (χ0n) is 16.8. The van der Waals surface area contributed by atoms with E-state index >= 15 is 0 Å². The van der Waals surface area contributed by atoms with Gasteiger partial charge in [0.15, 0.2) is 0 Å². The number of methoxy groups -OCH3 is 1. The Kier molecular flexibility index (Phi) is 7.02. The maximum Gasteiger partial charge on any atom is 0.328 e. The van der Waals surface area contributed by atoms with Crippen LogP contribution >= 0.6 is 11.3 Å². The average Bonchev–Trinajstić information content (AvgIpc) is 3.15. The van der Waals surface area contributed by atoms with E-state index in [0.717, 1.165) is 42.9 Å². The van der Waals surface area contributed by atoms with Crippen LogP contribution in [0, 0.1) is 5.92 Å². The second kappa shape index (κ2) is 9.47. The van der Waals surface area contributed by atoms with E-state index in [-0.39, 0.29) is 17.8 Å². The summed E-state index contributed by atoms with van der Waals surface area (Å²) >= 11 is 1.75. The molecule has 0 unspecified atom stereocenters. The topological polar surface area (TPSA) is 71.5 Å². The molecule has 1 fully saturated rings. The van der Waals surface area contributed by atoms with Crippen molar-refractivity contribution >= 4 is 33.4 Å². The SMILES string of the molecule is CC[C@H](C)[C@H](NC(=O)CN1CCC[C@H](c2nc3ccccc3s2)C1)C(=O)OC. The summed E-state index contributed by atoms with van der Waals surface area (Å²) < 4.78 is 6.07. The molecule has 0 spiro atoms. The van der Waals surface area contributed by atoms with Crippen molar-refractivity contribution in [3.63, 3.8) is 0 Å². The fourth-order valence-electron chi connectivity index (χ4n) is 3.68. The highest BCUT2D eigenvalue weighted by Crippen LogP contribution is 2.32. The molecule has 1 aromatic heterocycles. The van der Waals surface area contributed by atoms with Crippen LogP contribution < -0.4 is 5.32 Å². The lowest BCUT2D eigenvalue weighted by atomic mass is 9.98. The van der Waals surface area contributed by atoms with E-state index in [1.165, 1.54) is 11.8 Å². The minimum Gasteiger partial charge on any atom is -0.467 e. The summed E-state index contributed by atoms with van der Waals surface area (Å²) in [7, 11) is 1.36. The Hall–Kier alpha value is -1.99. The van der Waals surface area contributed by atoms with Gasteiger partial charge >= 0.3 is 5.97 Å². The summed E-state index contributed by atoms with van der Waals surface area (Å²) in [6, 6.07) is 7.61. The number of fused-ring (bicyclic) bond motifs is 1. The number of carbonyl (C=O) groups is 2. The van der Waals surface area contributed by atoms with Gasteiger partial charge in [-0.15, -0.1) is 11.3 Å². The number of ether oxygens (including phenoxy) is 1. The molecule has 1 amide bonds. The van der Waals surface area contributed by atoms with Crippen molar-refractivity contribution in [3.05, 3.63) is 29.3 Å². The molecule has 3 rings (SSSR count). The van der Waals surface area contributed by atoms with E-state index in [2.05, 4.69) is 16.3 Å². The van der Waals surface area contributed by atoms with Crippen LogP contribution in [0.5, 0.6) is 0 Å². The third-order valence-electron chi connectivity index (χ3n) is 5.52. The number of thiazole rings is 1. The van der Waals surface area contributed by atoms with Crippen molar-refractivity contribution < 1.29 is 14.3 Å². The number of hydrogen-bond donors (Lipinski definition) is 1. The van der Waals surface area contributed by atoms with Crippen molar-refractivity contribution in [2.75, 3.05) is 26.7 Å². The first-order chi connectivity index (χ1) is 13.5. The van der Waals surface area contributed by atoms with Gasteiger partial charge in [0.2, 0.25) is 5.91 Å². The molecule has 7 heteroatoms. The number of rotatable bonds is 7. The van der Waals surface area contributed by atoms with Gasteiger partial charge in [-0.1, -0.05) is 32.4 Å². The van der Waals surface area contributed by atoms with Crippen LogP contribution in [0.2, 0.25) is 0 Å². The quantitative estimate of drug-likeness (QED) is 0.719. The van der Waals surface area contributed by atoms with E-state index < -0.39 is 6.04 Å². The number of piperidine rings is 1. The van der Waals surface area contributed by atoms with E-state index in [1.54, 1.807) is 11.3 Å². The molecular formula is C21H29N3O3S. The van der Waals surface area contributed by atoms with Gasteiger partial charge in [-0.25, -0.2) is 9.78 Å². The summed E-state index contributed by atoms with van der Waals surface area (Å²) in [5, 5.41) is 4.02. The molecule has 0 saturated carbocycles. The van der Waals surface area contributed by atoms with Crippen molar-refractivity contribution in [2.24, 2.45) is 5.92 Å². The van der Waals surface area contributed by atoms with E-state index in [9.17, 15) is 9.59 Å². The van der Waals surface area contributed by atoms with Crippen LogP contribution in [-0.2, 0) is 14.3 Å². The lowest BCUT2D eigenvalue weighted by Crippen LogP contribution is -2.50. The molecule has 1 N–H and O–H groups in total. The van der Waals surface area contributed by atoms with Crippen LogP contribution in [0.25, 0.3) is 10.2 Å². The van der Waals surface area contributed by atoms with Crippen molar-refractivity contribution in [2.45, 2.75) is 45.1 Å². The highest BCUT2D eigenvalue weighted by atomic mass is 32.1. The summed E-state index contributed by atoms with van der Waals surface area (Å²) in [6.45, 7) is 5.96. The Morgan fingerprint density at radius 3 is 2.89 bits per heavy atom. The Labute approximate surface area is 170 Å². The highest BCUT2D eigenvalue weighted by molar-refractivity contribution is 7.18. The van der Waals surface area contributed by atoms with Crippen molar-refractivity contribution in [1.82, 2.24) is 15.2 Å². The van der Waals surface area contributed by atoms with Crippen molar-refractivity contribution in [3.8, 4) is 0 Å². The number of hydrogen-bond acceptors (Lipinski definition) is 6. The molecule has 0 aliphatic carbocycles. The van der Waals surface area contributed by atoms with Crippen LogP contribution in [0.15, 0.2) is 24.3 Å². The molecular weight excluding hydrogens is 374 g/mol. The third kappa shape index (κ3) is 4.89. The third-order valence-corrected chi connectivity index (χ3v) is 6.72. The van der Waals surface area contributed by atoms with Crippen molar-refractivity contribution in [1.29, 1.82) is 0 Å². The predicted molar refractivity (Wildman–Crippen MR) is 111 cm³/mol. The average molecular weight is 404 g/mol. The number of amides is 1. The molecule has 2 heterocycles. The summed E-state index contributed by atoms with van der Waals surface area (Å²) in [6.07, 6.45) is 2.93. The lowest BCUT2D eigenvalue weighted by molar-refractivity contribution is -0.146. The largest absolute Gasteiger partial charge is 0.467 e. The Morgan fingerprint density at radius 1 is 1.39 bits per heavy atom. The Balaban J connectivity index is 1.60. The zero-order chi connectivity index (χ0) is 20.1. The zero-order valence-corrected chi connectivity index (χ0v) is 17.6. The predicted octanol–water partition coefficient (Wildman–Crippen LogP) is 3.18. The Morgan fingerprint density at radius 2 is 2.18 bits per heavy atom. The number of esters is 1. The van der Waals surface area contributed by atoms with Crippen LogP contribution in [0.1, 0.15) is 44.0 Å². The highest BCUT2D eigenvalue weighted by Gasteiger charge is 2.29. The Bertz CT molecular complexity index is 789. The van der Waals surface area contributed by atoms with E-state index in [1.807, 2.05) is 32.0 Å². The molecule has 1 saturated heterocycles. The molecule has 0 radical (unpaired) electrons. The fraction of sp³-hybridized carbons (Fsp3) is 0.571. The fourth-order valence-corrected chi connectivity index (χ4v) is 4.78. The molecule has 0 bridgehead atoms. The van der Waals surface area contributed by atoms with Crippen LogP contribution in [-0.4, -0.2) is 54.5 Å². The summed E-state index contributed by atoms with van der Waals surface area (Å²) in [4.78, 5) is 31.5. The van der Waals surface area contributed by atoms with Crippen LogP contribution in [0.3, 0.4) is 0 Å². The first-order valence-corrected chi connectivity index (χ1v) is 10.8. The second-order valence-corrected chi connectivity index (χ2v) is 8.61. The minimum atomic E-state index is -0.590. The number of benzene rings is 1. The maximum atomic E-state index is 12.6. The number of carbonyl (C=O) groups excluding carboxylic acids is 2. The van der Waals surface area contributed by atoms with Gasteiger partial charge in [-0.05, 0) is 37.4 Å². The van der Waals surface area contributed by atoms with Gasteiger partial charge in [0.25, 0.3) is 0 Å². The van der Waals surface area contributed by atoms with Gasteiger partial charge in [0, 0.05) is 12.5 Å². The standard InChI is InChI=1S/C21H29N3O3S/c1-4-14(2)19(21(26)27-3)23-18(25)13-24-11-7-8-15(12-24)20-22-16-9-5-6-10-17(16)28-20/h5-6,9-10,14-15,19H,4,7-8,11-13H2,1-3H3,(H,23,25)/t14-,15-,19-/m0/s1. The number of nitrogens with one attached hydrogen (secondary N) is 1. The molecule has 2 aromatic rings. The molecule has 3 atom stereocenters. The van der Waals surface area contributed by atoms with Gasteiger partial charge in [0.1, 0.15) is 6.04 Å². The number of likely N-dealkylation sites (tertiary alicyclic amines) is 1. The van der Waals surface area contributed by atoms with Gasteiger partial charge in [-0.3, -0.25) is 9.69 Å². The van der Waals surface area contributed by atoms with Gasteiger partial charge < -0.3 is 10.1 Å². The molecule has 28 heavy (non-hydrogen) atoms. The lowest BCUT2D eigenvalue weighted by Gasteiger charge is -2.32. The number of para-hydroxylation sites is 1. The molecule has 1 aliphatic rings. The molecule has 1 aliphatic heterocycles. The van der Waals surface area contributed by atoms with Gasteiger partial charge in [0.05, 0.1) is 28.9 Å². The number of nitrogens with zero attached hydrogens (tertiary/aromatic N) is 2. The molecule has 1 aromatic carbocycles. The normalized spacial score (nSPS) is 19.9.